The highest BCUT2D eigenvalue weighted by Gasteiger charge is 2.19. The second-order valence-corrected chi connectivity index (χ2v) is 5.64. The molecule has 0 bridgehead atoms. The van der Waals surface area contributed by atoms with Gasteiger partial charge >= 0.3 is 0 Å². The van der Waals surface area contributed by atoms with Crippen molar-refractivity contribution in [2.45, 2.75) is 40.2 Å². The fraction of sp³-hybridized carbons (Fsp3) is 0.529. The van der Waals surface area contributed by atoms with Gasteiger partial charge in [0.25, 0.3) is 0 Å². The lowest BCUT2D eigenvalue weighted by Gasteiger charge is -2.30. The summed E-state index contributed by atoms with van der Waals surface area (Å²) in [7, 11) is 0. The molecule has 0 heterocycles. The summed E-state index contributed by atoms with van der Waals surface area (Å²) in [6, 6.07) is 0.443. The van der Waals surface area contributed by atoms with E-state index in [-0.39, 0.29) is 5.41 Å². The molecule has 0 saturated carbocycles. The van der Waals surface area contributed by atoms with Crippen LogP contribution in [0.4, 0.5) is 0 Å². The Bertz CT molecular complexity index is 358. The molecule has 0 aromatic carbocycles. The minimum absolute atomic E-state index is 0.138. The van der Waals surface area contributed by atoms with Gasteiger partial charge in [0, 0.05) is 18.0 Å². The van der Waals surface area contributed by atoms with Crippen molar-refractivity contribution in [2.24, 2.45) is 5.41 Å². The quantitative estimate of drug-likeness (QED) is 0.629. The molecule has 1 rings (SSSR count). The fourth-order valence-corrected chi connectivity index (χ4v) is 2.36. The van der Waals surface area contributed by atoms with Crippen LogP contribution >= 0.6 is 0 Å². The largest absolute Gasteiger partial charge is 0.293 e. The summed E-state index contributed by atoms with van der Waals surface area (Å²) < 4.78 is 0. The molecule has 0 N–H and O–H groups in total. The van der Waals surface area contributed by atoms with Gasteiger partial charge in [0.2, 0.25) is 0 Å². The Morgan fingerprint density at radius 2 is 2.11 bits per heavy atom. The Balaban J connectivity index is 2.89. The summed E-state index contributed by atoms with van der Waals surface area (Å²) >= 11 is 0. The Labute approximate surface area is 113 Å². The molecule has 0 aliphatic heterocycles. The number of hydrogen-bond donors (Lipinski definition) is 0. The molecule has 0 spiro atoms. The lowest BCUT2D eigenvalue weighted by Crippen LogP contribution is -2.35. The van der Waals surface area contributed by atoms with E-state index in [4.69, 9.17) is 0 Å². The topological polar surface area (TPSA) is 3.24 Å². The van der Waals surface area contributed by atoms with Crippen molar-refractivity contribution in [3.05, 3.63) is 48.6 Å². The maximum absolute atomic E-state index is 3.87. The number of rotatable bonds is 6. The van der Waals surface area contributed by atoms with Gasteiger partial charge in [-0.15, -0.1) is 6.58 Å². The normalized spacial score (nSPS) is 19.5. The predicted molar refractivity (Wildman–Crippen MR) is 81.7 cm³/mol. The Morgan fingerprint density at radius 1 is 1.39 bits per heavy atom. The van der Waals surface area contributed by atoms with Gasteiger partial charge in [-0.2, -0.15) is 0 Å². The van der Waals surface area contributed by atoms with Crippen molar-refractivity contribution in [3.63, 3.8) is 0 Å². The summed E-state index contributed by atoms with van der Waals surface area (Å²) in [4.78, 5) is 2.48. The van der Waals surface area contributed by atoms with E-state index in [2.05, 4.69) is 69.6 Å². The van der Waals surface area contributed by atoms with E-state index >= 15 is 0 Å². The molecule has 18 heavy (non-hydrogen) atoms. The average Bonchev–Trinajstić information content (AvgIpc) is 2.49. The van der Waals surface area contributed by atoms with E-state index < -0.39 is 0 Å². The summed E-state index contributed by atoms with van der Waals surface area (Å²) in [6.45, 7) is 15.0. The van der Waals surface area contributed by atoms with Crippen LogP contribution in [0.2, 0.25) is 0 Å². The van der Waals surface area contributed by atoms with Crippen LogP contribution in [0.1, 0.15) is 34.1 Å². The highest BCUT2D eigenvalue weighted by Crippen LogP contribution is 2.26. The maximum atomic E-state index is 3.87. The molecular weight excluding hydrogens is 218 g/mol. The molecule has 0 saturated heterocycles. The van der Waals surface area contributed by atoms with E-state index in [1.54, 1.807) is 0 Å². The van der Waals surface area contributed by atoms with Crippen molar-refractivity contribution >= 4 is 0 Å². The van der Waals surface area contributed by atoms with Crippen LogP contribution in [0.25, 0.3) is 0 Å². The van der Waals surface area contributed by atoms with E-state index in [0.29, 0.717) is 6.04 Å². The van der Waals surface area contributed by atoms with Crippen LogP contribution in [0.5, 0.6) is 0 Å². The SMILES string of the molecule is C=CCN(CCC)C(C)C1=CC(C)(C)C=CC=C1. The monoisotopic (exact) mass is 245 g/mol. The minimum Gasteiger partial charge on any atom is -0.293 e. The highest BCUT2D eigenvalue weighted by molar-refractivity contribution is 5.34. The Hall–Kier alpha value is -1.08. The molecule has 1 atom stereocenters. The predicted octanol–water partition coefficient (Wildman–Crippen LogP) is 4.35. The molecule has 1 heteroatoms. The Morgan fingerprint density at radius 3 is 2.72 bits per heavy atom. The molecule has 1 aliphatic carbocycles. The lowest BCUT2D eigenvalue weighted by atomic mass is 9.89. The van der Waals surface area contributed by atoms with Gasteiger partial charge in [0.15, 0.2) is 0 Å². The third kappa shape index (κ3) is 4.30. The standard InChI is InChI=1S/C17H27N/c1-6-12-18(13-7-2)15(3)16-10-8-9-11-17(4,5)14-16/h6,8-11,14-15H,1,7,12-13H2,2-5H3. The third-order valence-corrected chi connectivity index (χ3v) is 3.37. The summed E-state index contributed by atoms with van der Waals surface area (Å²) in [5.74, 6) is 0. The van der Waals surface area contributed by atoms with Crippen LogP contribution in [0.3, 0.4) is 0 Å². The molecule has 1 nitrogen and oxygen atoms in total. The van der Waals surface area contributed by atoms with Crippen molar-refractivity contribution < 1.29 is 0 Å². The molecule has 1 aliphatic rings. The van der Waals surface area contributed by atoms with Gasteiger partial charge in [0.1, 0.15) is 0 Å². The second-order valence-electron chi connectivity index (χ2n) is 5.64. The van der Waals surface area contributed by atoms with Gasteiger partial charge in [-0.05, 0) is 25.5 Å². The molecule has 0 amide bonds. The zero-order valence-corrected chi connectivity index (χ0v) is 12.3. The smallest absolute Gasteiger partial charge is 0.0320 e. The molecular formula is C17H27N. The van der Waals surface area contributed by atoms with E-state index in [1.165, 1.54) is 12.0 Å². The molecule has 0 fully saturated rings. The van der Waals surface area contributed by atoms with Crippen molar-refractivity contribution in [2.75, 3.05) is 13.1 Å². The first-order valence-electron chi connectivity index (χ1n) is 6.93. The van der Waals surface area contributed by atoms with Crippen LogP contribution in [0, 0.1) is 5.41 Å². The first-order valence-corrected chi connectivity index (χ1v) is 6.93. The van der Waals surface area contributed by atoms with Gasteiger partial charge < -0.3 is 0 Å². The van der Waals surface area contributed by atoms with Gasteiger partial charge in [-0.3, -0.25) is 4.90 Å². The van der Waals surface area contributed by atoms with Gasteiger partial charge in [0.05, 0.1) is 0 Å². The minimum atomic E-state index is 0.138. The molecule has 0 aromatic heterocycles. The summed E-state index contributed by atoms with van der Waals surface area (Å²) in [6.07, 6.45) is 14.3. The average molecular weight is 245 g/mol. The van der Waals surface area contributed by atoms with Crippen LogP contribution in [-0.2, 0) is 0 Å². The molecule has 0 radical (unpaired) electrons. The van der Waals surface area contributed by atoms with E-state index in [0.717, 1.165) is 13.1 Å². The van der Waals surface area contributed by atoms with Crippen molar-refractivity contribution in [1.82, 2.24) is 4.90 Å². The number of hydrogen-bond acceptors (Lipinski definition) is 1. The first-order chi connectivity index (χ1) is 8.50. The van der Waals surface area contributed by atoms with Crippen LogP contribution in [-0.4, -0.2) is 24.0 Å². The summed E-state index contributed by atoms with van der Waals surface area (Å²) in [5.41, 5.74) is 1.54. The Kier molecular flexibility index (Phi) is 5.61. The molecule has 1 unspecified atom stereocenters. The zero-order valence-electron chi connectivity index (χ0n) is 12.3. The van der Waals surface area contributed by atoms with E-state index in [1.807, 2.05) is 6.08 Å². The highest BCUT2D eigenvalue weighted by atomic mass is 15.1. The maximum Gasteiger partial charge on any atom is 0.0320 e. The van der Waals surface area contributed by atoms with Crippen LogP contribution in [0.15, 0.2) is 48.6 Å². The van der Waals surface area contributed by atoms with Crippen molar-refractivity contribution in [3.8, 4) is 0 Å². The molecule has 100 valence electrons. The number of nitrogens with zero attached hydrogens (tertiary/aromatic N) is 1. The first kappa shape index (κ1) is 15.0. The summed E-state index contributed by atoms with van der Waals surface area (Å²) in [5, 5.41) is 0. The van der Waals surface area contributed by atoms with Crippen LogP contribution < -0.4 is 0 Å². The zero-order chi connectivity index (χ0) is 13.6. The fourth-order valence-electron chi connectivity index (χ4n) is 2.36. The second kappa shape index (κ2) is 6.75. The molecule has 0 aromatic rings. The van der Waals surface area contributed by atoms with Gasteiger partial charge in [-0.1, -0.05) is 57.2 Å². The lowest BCUT2D eigenvalue weighted by molar-refractivity contribution is 0.260. The number of allylic oxidation sites excluding steroid dienone is 4. The van der Waals surface area contributed by atoms with Gasteiger partial charge in [-0.25, -0.2) is 0 Å². The third-order valence-electron chi connectivity index (χ3n) is 3.37. The van der Waals surface area contributed by atoms with E-state index in [9.17, 15) is 0 Å². The van der Waals surface area contributed by atoms with Crippen molar-refractivity contribution in [1.29, 1.82) is 0 Å².